The highest BCUT2D eigenvalue weighted by Gasteiger charge is 2.51. The molecule has 41 heavy (non-hydrogen) atoms. The summed E-state index contributed by atoms with van der Waals surface area (Å²) in [6.45, 7) is 0.533. The van der Waals surface area contributed by atoms with E-state index in [2.05, 4.69) is 5.01 Å². The number of nitrogens with zero attached hydrogens (tertiary/aromatic N) is 2. The fraction of sp³-hybridized carbons (Fsp3) is 0.273. The van der Waals surface area contributed by atoms with Crippen LogP contribution in [-0.4, -0.2) is 17.0 Å². The molecule has 3 aromatic carbocycles. The van der Waals surface area contributed by atoms with Gasteiger partial charge < -0.3 is 4.74 Å². The zero-order valence-corrected chi connectivity index (χ0v) is 23.1. The minimum absolute atomic E-state index is 0.0270. The Hall–Kier alpha value is -3.91. The van der Waals surface area contributed by atoms with E-state index < -0.39 is 23.1 Å². The lowest BCUT2D eigenvalue weighted by Crippen LogP contribution is -2.55. The minimum Gasteiger partial charge on any atom is -0.483 e. The summed E-state index contributed by atoms with van der Waals surface area (Å²) in [4.78, 5) is 28.6. The summed E-state index contributed by atoms with van der Waals surface area (Å²) in [5.41, 5.74) is 1.96. The van der Waals surface area contributed by atoms with Gasteiger partial charge in [0.2, 0.25) is 5.43 Å². The van der Waals surface area contributed by atoms with Crippen molar-refractivity contribution in [3.05, 3.63) is 129 Å². The van der Waals surface area contributed by atoms with Crippen molar-refractivity contribution in [3.8, 4) is 5.75 Å². The van der Waals surface area contributed by atoms with Gasteiger partial charge in [0.15, 0.2) is 28.9 Å². The van der Waals surface area contributed by atoms with Crippen LogP contribution in [0.25, 0.3) is 0 Å². The van der Waals surface area contributed by atoms with Gasteiger partial charge in [0.05, 0.1) is 11.5 Å². The van der Waals surface area contributed by atoms with Crippen LogP contribution < -0.4 is 15.2 Å². The van der Waals surface area contributed by atoms with E-state index in [0.29, 0.717) is 30.5 Å². The number of fused-ring (bicyclic) bond motifs is 3. The van der Waals surface area contributed by atoms with Crippen molar-refractivity contribution in [2.24, 2.45) is 5.41 Å². The highest BCUT2D eigenvalue weighted by molar-refractivity contribution is 7.98. The Morgan fingerprint density at radius 3 is 2.46 bits per heavy atom. The normalized spacial score (nSPS) is 18.9. The van der Waals surface area contributed by atoms with E-state index in [4.69, 9.17) is 4.74 Å². The lowest BCUT2D eigenvalue weighted by Gasteiger charge is -2.47. The molecule has 1 fully saturated rings. The van der Waals surface area contributed by atoms with Crippen LogP contribution in [0.15, 0.2) is 88.7 Å². The Balaban J connectivity index is 1.44. The first-order valence-corrected chi connectivity index (χ1v) is 14.9. The molecular weight excluding hydrogens is 542 g/mol. The lowest BCUT2D eigenvalue weighted by atomic mass is 9.77. The third kappa shape index (κ3) is 4.27. The van der Waals surface area contributed by atoms with Gasteiger partial charge in [-0.25, -0.2) is 8.78 Å². The monoisotopic (exact) mass is 570 g/mol. The molecule has 208 valence electrons. The third-order valence-corrected chi connectivity index (χ3v) is 9.79. The van der Waals surface area contributed by atoms with Crippen LogP contribution in [0.1, 0.15) is 64.5 Å². The molecule has 5 nitrogen and oxygen atoms in total. The number of rotatable bonds is 4. The van der Waals surface area contributed by atoms with Crippen LogP contribution in [0.5, 0.6) is 5.75 Å². The van der Waals surface area contributed by atoms with E-state index in [1.54, 1.807) is 16.9 Å². The SMILES string of the molecule is O=C1c2c(OCc3ccccc3)c(=O)ccn2N(C2c3ccccc3SCc3c2ccc(F)c3F)CC12CCCC2. The molecule has 1 aliphatic carbocycles. The van der Waals surface area contributed by atoms with Crippen molar-refractivity contribution in [1.29, 1.82) is 0 Å². The summed E-state index contributed by atoms with van der Waals surface area (Å²) in [6.07, 6.45) is 4.82. The number of Topliss-reactive ketones (excluding diaryl/α,β-unsaturated/α-hetero) is 1. The first-order valence-electron chi connectivity index (χ1n) is 13.9. The second kappa shape index (κ2) is 10.2. The van der Waals surface area contributed by atoms with Crippen LogP contribution in [0.3, 0.4) is 0 Å². The standard InChI is InChI=1S/C33H28F2N2O3S/c34-25-13-12-22-24(28(25)35)19-41-27-11-5-4-10-23(27)29(22)37-20-33(15-6-7-16-33)32(39)30-31(26(38)14-17-36(30)37)40-18-21-8-2-1-3-9-21/h1-5,8-14,17,29H,6-7,15-16,18-20H2. The van der Waals surface area contributed by atoms with Crippen LogP contribution >= 0.6 is 11.8 Å². The van der Waals surface area contributed by atoms with E-state index >= 15 is 4.39 Å². The Labute approximate surface area is 240 Å². The quantitative estimate of drug-likeness (QED) is 0.270. The first-order chi connectivity index (χ1) is 20.0. The highest BCUT2D eigenvalue weighted by Crippen LogP contribution is 2.49. The zero-order chi connectivity index (χ0) is 28.1. The summed E-state index contributed by atoms with van der Waals surface area (Å²) in [5.74, 6) is -1.50. The molecule has 1 spiro atoms. The predicted octanol–water partition coefficient (Wildman–Crippen LogP) is 6.80. The van der Waals surface area contributed by atoms with E-state index in [9.17, 15) is 14.0 Å². The van der Waals surface area contributed by atoms with Gasteiger partial charge in [-0.15, -0.1) is 11.8 Å². The van der Waals surface area contributed by atoms with Crippen molar-refractivity contribution >= 4 is 17.5 Å². The number of carbonyl (C=O) groups is 1. The molecule has 0 N–H and O–H groups in total. The average molecular weight is 571 g/mol. The largest absolute Gasteiger partial charge is 0.483 e. The molecule has 2 aliphatic heterocycles. The molecule has 1 aromatic heterocycles. The van der Waals surface area contributed by atoms with Gasteiger partial charge in [0.1, 0.15) is 6.61 Å². The number of aromatic nitrogens is 1. The van der Waals surface area contributed by atoms with Crippen molar-refractivity contribution < 1.29 is 18.3 Å². The highest BCUT2D eigenvalue weighted by atomic mass is 32.2. The van der Waals surface area contributed by atoms with E-state index in [-0.39, 0.29) is 35.0 Å². The van der Waals surface area contributed by atoms with Crippen LogP contribution in [0, 0.1) is 17.0 Å². The Bertz CT molecular complexity index is 1720. The fourth-order valence-corrected chi connectivity index (χ4v) is 7.76. The topological polar surface area (TPSA) is 51.5 Å². The summed E-state index contributed by atoms with van der Waals surface area (Å²) < 4.78 is 37.7. The minimum atomic E-state index is -0.879. The maximum Gasteiger partial charge on any atom is 0.224 e. The lowest BCUT2D eigenvalue weighted by molar-refractivity contribution is 0.0738. The van der Waals surface area contributed by atoms with Gasteiger partial charge in [0, 0.05) is 35.0 Å². The number of hydrogen-bond donors (Lipinski definition) is 0. The number of ether oxygens (including phenoxy) is 1. The summed E-state index contributed by atoms with van der Waals surface area (Å²) >= 11 is 1.48. The number of ketones is 1. The molecular formula is C33H28F2N2O3S. The molecule has 0 amide bonds. The second-order valence-electron chi connectivity index (χ2n) is 11.0. The Morgan fingerprint density at radius 1 is 0.902 bits per heavy atom. The Morgan fingerprint density at radius 2 is 1.66 bits per heavy atom. The number of thioether (sulfide) groups is 1. The predicted molar refractivity (Wildman–Crippen MR) is 154 cm³/mol. The van der Waals surface area contributed by atoms with Crippen molar-refractivity contribution in [3.63, 3.8) is 0 Å². The summed E-state index contributed by atoms with van der Waals surface area (Å²) in [7, 11) is 0. The van der Waals surface area contributed by atoms with Gasteiger partial charge in [0.25, 0.3) is 0 Å². The number of halogens is 2. The Kier molecular flexibility index (Phi) is 6.46. The third-order valence-electron chi connectivity index (χ3n) is 8.67. The molecule has 7 rings (SSSR count). The smallest absolute Gasteiger partial charge is 0.224 e. The second-order valence-corrected chi connectivity index (χ2v) is 12.1. The molecule has 3 aliphatic rings. The molecule has 1 unspecified atom stereocenters. The van der Waals surface area contributed by atoms with Crippen molar-refractivity contribution in [1.82, 2.24) is 4.68 Å². The van der Waals surface area contributed by atoms with E-state index in [1.165, 1.54) is 23.9 Å². The number of pyridine rings is 1. The van der Waals surface area contributed by atoms with Crippen LogP contribution in [-0.2, 0) is 12.4 Å². The van der Waals surface area contributed by atoms with Crippen LogP contribution in [0.4, 0.5) is 8.78 Å². The maximum absolute atomic E-state index is 15.3. The maximum atomic E-state index is 15.3. The molecule has 3 heterocycles. The summed E-state index contributed by atoms with van der Waals surface area (Å²) in [6, 6.07) is 21.1. The number of hydrogen-bond acceptors (Lipinski definition) is 5. The summed E-state index contributed by atoms with van der Waals surface area (Å²) in [5, 5.41) is 2.07. The van der Waals surface area contributed by atoms with Gasteiger partial charge >= 0.3 is 0 Å². The van der Waals surface area contributed by atoms with Gasteiger partial charge in [-0.1, -0.05) is 67.4 Å². The molecule has 4 aromatic rings. The van der Waals surface area contributed by atoms with Crippen molar-refractivity contribution in [2.45, 2.75) is 49.0 Å². The molecule has 0 saturated heterocycles. The van der Waals surface area contributed by atoms with Gasteiger partial charge in [-0.2, -0.15) is 0 Å². The molecule has 1 atom stereocenters. The fourth-order valence-electron chi connectivity index (χ4n) is 6.65. The molecule has 0 bridgehead atoms. The first kappa shape index (κ1) is 26.0. The number of benzene rings is 3. The molecule has 0 radical (unpaired) electrons. The van der Waals surface area contributed by atoms with E-state index in [0.717, 1.165) is 28.9 Å². The zero-order valence-electron chi connectivity index (χ0n) is 22.3. The van der Waals surface area contributed by atoms with Crippen LogP contribution in [0.2, 0.25) is 0 Å². The van der Waals surface area contributed by atoms with Crippen molar-refractivity contribution in [2.75, 3.05) is 11.6 Å². The van der Waals surface area contributed by atoms with E-state index in [1.807, 2.05) is 54.6 Å². The number of carbonyl (C=O) groups excluding carboxylic acids is 1. The molecule has 8 heteroatoms. The van der Waals surface area contributed by atoms with Gasteiger partial charge in [-0.05, 0) is 41.7 Å². The molecule has 1 saturated carbocycles. The average Bonchev–Trinajstić information content (AvgIpc) is 3.40. The van der Waals surface area contributed by atoms with Gasteiger partial charge in [-0.3, -0.25) is 19.3 Å².